The Balaban J connectivity index is 2.36. The SMILES string of the molecule is CNC(=O)C(C)n1cc(C)c(-c2ccccc2)n1. The summed E-state index contributed by atoms with van der Waals surface area (Å²) in [5, 5.41) is 7.14. The van der Waals surface area contributed by atoms with Crippen molar-refractivity contribution in [2.45, 2.75) is 19.9 Å². The van der Waals surface area contributed by atoms with Crippen molar-refractivity contribution in [3.63, 3.8) is 0 Å². The fraction of sp³-hybridized carbons (Fsp3) is 0.286. The van der Waals surface area contributed by atoms with Crippen LogP contribution in [0.2, 0.25) is 0 Å². The van der Waals surface area contributed by atoms with Crippen molar-refractivity contribution in [2.24, 2.45) is 0 Å². The van der Waals surface area contributed by atoms with Gasteiger partial charge in [-0.05, 0) is 19.4 Å². The molecule has 1 unspecified atom stereocenters. The van der Waals surface area contributed by atoms with Crippen LogP contribution in [0.4, 0.5) is 0 Å². The van der Waals surface area contributed by atoms with E-state index in [1.165, 1.54) is 0 Å². The van der Waals surface area contributed by atoms with Gasteiger partial charge in [0.15, 0.2) is 0 Å². The van der Waals surface area contributed by atoms with Gasteiger partial charge < -0.3 is 5.32 Å². The summed E-state index contributed by atoms with van der Waals surface area (Å²) >= 11 is 0. The molecular weight excluding hydrogens is 226 g/mol. The van der Waals surface area contributed by atoms with Gasteiger partial charge >= 0.3 is 0 Å². The molecule has 0 saturated heterocycles. The lowest BCUT2D eigenvalue weighted by Gasteiger charge is -2.09. The molecule has 18 heavy (non-hydrogen) atoms. The molecule has 1 aromatic carbocycles. The fourth-order valence-electron chi connectivity index (χ4n) is 1.89. The Morgan fingerprint density at radius 1 is 1.33 bits per heavy atom. The number of aromatic nitrogens is 2. The van der Waals surface area contributed by atoms with Crippen LogP contribution in [-0.4, -0.2) is 22.7 Å². The number of amides is 1. The lowest BCUT2D eigenvalue weighted by molar-refractivity contribution is -0.123. The average molecular weight is 243 g/mol. The van der Waals surface area contributed by atoms with Crippen LogP contribution in [0.25, 0.3) is 11.3 Å². The Morgan fingerprint density at radius 3 is 2.61 bits per heavy atom. The molecule has 1 amide bonds. The van der Waals surface area contributed by atoms with Crippen LogP contribution in [-0.2, 0) is 4.79 Å². The quantitative estimate of drug-likeness (QED) is 0.898. The molecule has 0 saturated carbocycles. The molecule has 94 valence electrons. The van der Waals surface area contributed by atoms with Crippen molar-refractivity contribution < 1.29 is 4.79 Å². The maximum atomic E-state index is 11.6. The number of carbonyl (C=O) groups excluding carboxylic acids is 1. The molecule has 1 aromatic heterocycles. The molecule has 4 heteroatoms. The highest BCUT2D eigenvalue weighted by molar-refractivity contribution is 5.79. The first-order valence-corrected chi connectivity index (χ1v) is 5.96. The Kier molecular flexibility index (Phi) is 3.46. The lowest BCUT2D eigenvalue weighted by Crippen LogP contribution is -2.28. The smallest absolute Gasteiger partial charge is 0.244 e. The first-order chi connectivity index (χ1) is 8.63. The van der Waals surface area contributed by atoms with Crippen LogP contribution in [0.15, 0.2) is 36.5 Å². The second kappa shape index (κ2) is 5.04. The minimum atomic E-state index is -0.300. The average Bonchev–Trinajstić information content (AvgIpc) is 2.80. The monoisotopic (exact) mass is 243 g/mol. The summed E-state index contributed by atoms with van der Waals surface area (Å²) in [5.74, 6) is -0.0443. The van der Waals surface area contributed by atoms with Gasteiger partial charge in [0.2, 0.25) is 5.91 Å². The predicted molar refractivity (Wildman–Crippen MR) is 71.2 cm³/mol. The molecule has 0 aliphatic rings. The van der Waals surface area contributed by atoms with Gasteiger partial charge in [-0.2, -0.15) is 5.10 Å². The normalized spacial score (nSPS) is 12.2. The molecule has 2 aromatic rings. The second-order valence-electron chi connectivity index (χ2n) is 4.30. The summed E-state index contributed by atoms with van der Waals surface area (Å²) in [6, 6.07) is 9.68. The van der Waals surface area contributed by atoms with Gasteiger partial charge in [0.05, 0.1) is 5.69 Å². The van der Waals surface area contributed by atoms with Gasteiger partial charge in [-0.15, -0.1) is 0 Å². The van der Waals surface area contributed by atoms with E-state index in [0.29, 0.717) is 0 Å². The van der Waals surface area contributed by atoms with Crippen molar-refractivity contribution in [2.75, 3.05) is 7.05 Å². The number of aryl methyl sites for hydroxylation is 1. The molecule has 2 rings (SSSR count). The first-order valence-electron chi connectivity index (χ1n) is 5.96. The van der Waals surface area contributed by atoms with E-state index in [-0.39, 0.29) is 11.9 Å². The molecule has 0 fully saturated rings. The van der Waals surface area contributed by atoms with Gasteiger partial charge in [0, 0.05) is 18.8 Å². The summed E-state index contributed by atoms with van der Waals surface area (Å²) in [7, 11) is 1.63. The van der Waals surface area contributed by atoms with Gasteiger partial charge in [0.1, 0.15) is 6.04 Å². The van der Waals surface area contributed by atoms with Crippen LogP contribution in [0, 0.1) is 6.92 Å². The number of nitrogens with zero attached hydrogens (tertiary/aromatic N) is 2. The Morgan fingerprint density at radius 2 is 2.00 bits per heavy atom. The van der Waals surface area contributed by atoms with Gasteiger partial charge in [-0.3, -0.25) is 9.48 Å². The minimum absolute atomic E-state index is 0.0443. The van der Waals surface area contributed by atoms with Gasteiger partial charge in [-0.25, -0.2) is 0 Å². The van der Waals surface area contributed by atoms with Crippen LogP contribution >= 0.6 is 0 Å². The topological polar surface area (TPSA) is 46.9 Å². The molecule has 1 N–H and O–H groups in total. The zero-order valence-electron chi connectivity index (χ0n) is 10.8. The number of rotatable bonds is 3. The highest BCUT2D eigenvalue weighted by atomic mass is 16.2. The minimum Gasteiger partial charge on any atom is -0.357 e. The predicted octanol–water partition coefficient (Wildman–Crippen LogP) is 2.17. The van der Waals surface area contributed by atoms with E-state index in [1.54, 1.807) is 11.7 Å². The summed E-state index contributed by atoms with van der Waals surface area (Å²) in [6.07, 6.45) is 1.90. The molecular formula is C14H17N3O. The van der Waals surface area contributed by atoms with Crippen molar-refractivity contribution >= 4 is 5.91 Å². The highest BCUT2D eigenvalue weighted by Crippen LogP contribution is 2.22. The van der Waals surface area contributed by atoms with E-state index in [1.807, 2.05) is 50.4 Å². The number of carbonyl (C=O) groups is 1. The second-order valence-corrected chi connectivity index (χ2v) is 4.30. The third-order valence-corrected chi connectivity index (χ3v) is 2.98. The number of nitrogens with one attached hydrogen (secondary N) is 1. The van der Waals surface area contributed by atoms with E-state index < -0.39 is 0 Å². The first kappa shape index (κ1) is 12.4. The molecule has 0 aliphatic carbocycles. The van der Waals surface area contributed by atoms with Crippen LogP contribution in [0.5, 0.6) is 0 Å². The third-order valence-electron chi connectivity index (χ3n) is 2.98. The van der Waals surface area contributed by atoms with Gasteiger partial charge in [0.25, 0.3) is 0 Å². The van der Waals surface area contributed by atoms with E-state index >= 15 is 0 Å². The van der Waals surface area contributed by atoms with Crippen molar-refractivity contribution in [1.82, 2.24) is 15.1 Å². The zero-order valence-corrected chi connectivity index (χ0v) is 10.8. The Labute approximate surface area is 107 Å². The van der Waals surface area contributed by atoms with E-state index in [0.717, 1.165) is 16.8 Å². The zero-order chi connectivity index (χ0) is 13.1. The van der Waals surface area contributed by atoms with Crippen molar-refractivity contribution in [3.05, 3.63) is 42.1 Å². The molecule has 0 spiro atoms. The summed E-state index contributed by atoms with van der Waals surface area (Å²) < 4.78 is 1.70. The van der Waals surface area contributed by atoms with E-state index in [9.17, 15) is 4.79 Å². The maximum absolute atomic E-state index is 11.6. The number of hydrogen-bond donors (Lipinski definition) is 1. The number of benzene rings is 1. The summed E-state index contributed by atoms with van der Waals surface area (Å²) in [6.45, 7) is 3.84. The van der Waals surface area contributed by atoms with Crippen molar-refractivity contribution in [1.29, 1.82) is 0 Å². The number of hydrogen-bond acceptors (Lipinski definition) is 2. The third kappa shape index (κ3) is 2.27. The van der Waals surface area contributed by atoms with E-state index in [2.05, 4.69) is 10.4 Å². The molecule has 0 radical (unpaired) electrons. The largest absolute Gasteiger partial charge is 0.357 e. The van der Waals surface area contributed by atoms with Gasteiger partial charge in [-0.1, -0.05) is 30.3 Å². The summed E-state index contributed by atoms with van der Waals surface area (Å²) in [4.78, 5) is 11.6. The van der Waals surface area contributed by atoms with Crippen LogP contribution in [0.3, 0.4) is 0 Å². The fourth-order valence-corrected chi connectivity index (χ4v) is 1.89. The molecule has 1 atom stereocenters. The highest BCUT2D eigenvalue weighted by Gasteiger charge is 2.16. The molecule has 4 nitrogen and oxygen atoms in total. The van der Waals surface area contributed by atoms with Crippen LogP contribution in [0.1, 0.15) is 18.5 Å². The number of likely N-dealkylation sites (N-methyl/N-ethyl adjacent to an activating group) is 1. The van der Waals surface area contributed by atoms with Crippen molar-refractivity contribution in [3.8, 4) is 11.3 Å². The molecule has 1 heterocycles. The van der Waals surface area contributed by atoms with Crippen LogP contribution < -0.4 is 5.32 Å². The van der Waals surface area contributed by atoms with E-state index in [4.69, 9.17) is 0 Å². The molecule has 0 aliphatic heterocycles. The Hall–Kier alpha value is -2.10. The Bertz CT molecular complexity index is 545. The summed E-state index contributed by atoms with van der Waals surface area (Å²) in [5.41, 5.74) is 3.06. The lowest BCUT2D eigenvalue weighted by atomic mass is 10.1. The maximum Gasteiger partial charge on any atom is 0.244 e. The molecule has 0 bridgehead atoms. The standard InChI is InChI=1S/C14H17N3O/c1-10-9-17(11(2)14(18)15-3)16-13(10)12-7-5-4-6-8-12/h4-9,11H,1-3H3,(H,15,18).